The van der Waals surface area contributed by atoms with Gasteiger partial charge < -0.3 is 16.0 Å². The monoisotopic (exact) mass is 263 g/mol. The van der Waals surface area contributed by atoms with E-state index in [-0.39, 0.29) is 5.91 Å². The van der Waals surface area contributed by atoms with Crippen molar-refractivity contribution in [2.24, 2.45) is 0 Å². The molecule has 0 unspecified atom stereocenters. The lowest BCUT2D eigenvalue weighted by Crippen LogP contribution is -2.24. The van der Waals surface area contributed by atoms with Gasteiger partial charge in [-0.2, -0.15) is 0 Å². The number of amides is 1. The molecule has 1 heterocycles. The van der Waals surface area contributed by atoms with Crippen LogP contribution in [0.5, 0.6) is 0 Å². The van der Waals surface area contributed by atoms with Crippen LogP contribution in [0.1, 0.15) is 36.6 Å². The maximum Gasteiger partial charge on any atom is 0.223 e. The van der Waals surface area contributed by atoms with Crippen molar-refractivity contribution in [2.75, 3.05) is 31.7 Å². The van der Waals surface area contributed by atoms with Crippen molar-refractivity contribution >= 4 is 17.5 Å². The summed E-state index contributed by atoms with van der Waals surface area (Å²) >= 11 is 0. The van der Waals surface area contributed by atoms with Crippen LogP contribution in [-0.2, 0) is 4.79 Å². The van der Waals surface area contributed by atoms with Gasteiger partial charge in [0.05, 0.1) is 0 Å². The van der Waals surface area contributed by atoms with Gasteiger partial charge >= 0.3 is 0 Å². The van der Waals surface area contributed by atoms with Gasteiger partial charge in [0.2, 0.25) is 5.91 Å². The summed E-state index contributed by atoms with van der Waals surface area (Å²) in [6, 6.07) is 0. The molecule has 2 rings (SSSR count). The molecule has 1 aliphatic carbocycles. The Morgan fingerprint density at radius 3 is 2.68 bits per heavy atom. The molecule has 0 radical (unpaired) electrons. The van der Waals surface area contributed by atoms with Crippen molar-refractivity contribution in [3.05, 3.63) is 11.4 Å². The average Bonchev–Trinajstić information content (AvgIpc) is 3.18. The molecule has 1 amide bonds. The lowest BCUT2D eigenvalue weighted by Gasteiger charge is -2.13. The topological polar surface area (TPSA) is 84.1 Å². The predicted octanol–water partition coefficient (Wildman–Crippen LogP) is 1.13. The van der Waals surface area contributed by atoms with Gasteiger partial charge in [-0.25, -0.2) is 9.97 Å². The zero-order chi connectivity index (χ0) is 14.0. The van der Waals surface area contributed by atoms with Gasteiger partial charge in [0.1, 0.15) is 17.5 Å². The van der Waals surface area contributed by atoms with Crippen LogP contribution in [-0.4, -0.2) is 41.4 Å². The summed E-state index contributed by atoms with van der Waals surface area (Å²) < 4.78 is 0. The molecule has 3 N–H and O–H groups in total. The Morgan fingerprint density at radius 1 is 1.42 bits per heavy atom. The van der Waals surface area contributed by atoms with Crippen LogP contribution in [0.4, 0.5) is 11.6 Å². The Hall–Kier alpha value is -1.85. The number of nitrogens with one attached hydrogen (secondary N) is 1. The van der Waals surface area contributed by atoms with Crippen LogP contribution in [0.25, 0.3) is 0 Å². The summed E-state index contributed by atoms with van der Waals surface area (Å²) in [6.45, 7) is 2.44. The van der Waals surface area contributed by atoms with Gasteiger partial charge in [-0.15, -0.1) is 0 Å². The fraction of sp³-hybridized carbons (Fsp3) is 0.615. The maximum atomic E-state index is 11.5. The number of carbonyl (C=O) groups is 1. The molecule has 6 heteroatoms. The van der Waals surface area contributed by atoms with Gasteiger partial charge in [-0.05, 0) is 19.8 Å². The van der Waals surface area contributed by atoms with E-state index in [1.165, 1.54) is 0 Å². The molecular weight excluding hydrogens is 242 g/mol. The molecular formula is C13H21N5O. The Balaban J connectivity index is 2.01. The molecule has 0 atom stereocenters. The molecule has 104 valence electrons. The number of anilines is 2. The van der Waals surface area contributed by atoms with Crippen molar-refractivity contribution in [2.45, 2.75) is 32.1 Å². The number of rotatable bonds is 5. The molecule has 0 spiro atoms. The van der Waals surface area contributed by atoms with E-state index in [2.05, 4.69) is 15.3 Å². The molecule has 1 aromatic heterocycles. The minimum atomic E-state index is 0.0922. The molecule has 1 saturated carbocycles. The summed E-state index contributed by atoms with van der Waals surface area (Å²) in [5.41, 5.74) is 6.75. The second kappa shape index (κ2) is 5.42. The number of nitrogens with zero attached hydrogens (tertiary/aromatic N) is 3. The fourth-order valence-electron chi connectivity index (χ4n) is 1.76. The second-order valence-electron chi connectivity index (χ2n) is 5.18. The van der Waals surface area contributed by atoms with Crippen LogP contribution < -0.4 is 11.1 Å². The van der Waals surface area contributed by atoms with Crippen molar-refractivity contribution in [3.63, 3.8) is 0 Å². The van der Waals surface area contributed by atoms with Gasteiger partial charge in [-0.3, -0.25) is 4.79 Å². The summed E-state index contributed by atoms with van der Waals surface area (Å²) in [4.78, 5) is 21.9. The molecule has 0 saturated heterocycles. The Labute approximate surface area is 113 Å². The largest absolute Gasteiger partial charge is 0.383 e. The number of aromatic nitrogens is 2. The van der Waals surface area contributed by atoms with Crippen molar-refractivity contribution in [1.82, 2.24) is 14.9 Å². The van der Waals surface area contributed by atoms with E-state index >= 15 is 0 Å². The van der Waals surface area contributed by atoms with Crippen molar-refractivity contribution < 1.29 is 4.79 Å². The first-order valence-corrected chi connectivity index (χ1v) is 6.57. The zero-order valence-corrected chi connectivity index (χ0v) is 11.7. The number of hydrogen-bond donors (Lipinski definition) is 2. The fourth-order valence-corrected chi connectivity index (χ4v) is 1.76. The van der Waals surface area contributed by atoms with E-state index in [1.54, 1.807) is 19.0 Å². The Morgan fingerprint density at radius 2 is 2.11 bits per heavy atom. The zero-order valence-electron chi connectivity index (χ0n) is 11.7. The third-order valence-corrected chi connectivity index (χ3v) is 3.27. The highest BCUT2D eigenvalue weighted by Gasteiger charge is 2.27. The molecule has 0 bridgehead atoms. The highest BCUT2D eigenvalue weighted by Crippen LogP contribution is 2.39. The van der Waals surface area contributed by atoms with Crippen LogP contribution in [0, 0.1) is 6.92 Å². The molecule has 0 aromatic carbocycles. The van der Waals surface area contributed by atoms with Gasteiger partial charge in [-0.1, -0.05) is 0 Å². The third kappa shape index (κ3) is 3.33. The normalized spacial score (nSPS) is 14.3. The number of nitrogen functional groups attached to an aromatic ring is 1. The van der Waals surface area contributed by atoms with Crippen LogP contribution in [0.3, 0.4) is 0 Å². The lowest BCUT2D eigenvalue weighted by atomic mass is 10.2. The Kier molecular flexibility index (Phi) is 3.87. The van der Waals surface area contributed by atoms with Crippen molar-refractivity contribution in [1.29, 1.82) is 0 Å². The SMILES string of the molecule is Cc1c(N)nc(C2CC2)nc1NCCC(=O)N(C)C. The molecule has 0 aliphatic heterocycles. The molecule has 19 heavy (non-hydrogen) atoms. The molecule has 1 aromatic rings. The molecule has 6 nitrogen and oxygen atoms in total. The average molecular weight is 263 g/mol. The first kappa shape index (κ1) is 13.6. The summed E-state index contributed by atoms with van der Waals surface area (Å²) in [5.74, 6) is 2.66. The van der Waals surface area contributed by atoms with Crippen molar-refractivity contribution in [3.8, 4) is 0 Å². The van der Waals surface area contributed by atoms with E-state index in [9.17, 15) is 4.79 Å². The summed E-state index contributed by atoms with van der Waals surface area (Å²) in [7, 11) is 3.50. The molecule has 1 aliphatic rings. The van der Waals surface area contributed by atoms with Gasteiger partial charge in [0, 0.05) is 38.5 Å². The first-order chi connectivity index (χ1) is 8.99. The quantitative estimate of drug-likeness (QED) is 0.832. The van der Waals surface area contributed by atoms with Gasteiger partial charge in [0.25, 0.3) is 0 Å². The number of nitrogens with two attached hydrogens (primary N) is 1. The van der Waals surface area contributed by atoms with Crippen LogP contribution >= 0.6 is 0 Å². The minimum absolute atomic E-state index is 0.0922. The number of hydrogen-bond acceptors (Lipinski definition) is 5. The first-order valence-electron chi connectivity index (χ1n) is 6.57. The maximum absolute atomic E-state index is 11.5. The Bertz CT molecular complexity index is 482. The summed E-state index contributed by atoms with van der Waals surface area (Å²) in [6.07, 6.45) is 2.72. The van der Waals surface area contributed by atoms with Crippen LogP contribution in [0.15, 0.2) is 0 Å². The highest BCUT2D eigenvalue weighted by molar-refractivity contribution is 5.76. The van der Waals surface area contributed by atoms with E-state index in [0.29, 0.717) is 24.7 Å². The van der Waals surface area contributed by atoms with E-state index in [1.807, 2.05) is 6.92 Å². The highest BCUT2D eigenvalue weighted by atomic mass is 16.2. The van der Waals surface area contributed by atoms with Crippen LogP contribution in [0.2, 0.25) is 0 Å². The van der Waals surface area contributed by atoms with E-state index < -0.39 is 0 Å². The summed E-state index contributed by atoms with van der Waals surface area (Å²) in [5, 5.41) is 3.18. The standard InChI is InChI=1S/C13H21N5O/c1-8-11(14)16-13(9-4-5-9)17-12(8)15-7-6-10(19)18(2)3/h9H,4-7H2,1-3H3,(H3,14,15,16,17). The third-order valence-electron chi connectivity index (χ3n) is 3.27. The minimum Gasteiger partial charge on any atom is -0.383 e. The van der Waals surface area contributed by atoms with E-state index in [4.69, 9.17) is 5.73 Å². The van der Waals surface area contributed by atoms with E-state index in [0.717, 1.165) is 30.0 Å². The smallest absolute Gasteiger partial charge is 0.223 e. The second-order valence-corrected chi connectivity index (χ2v) is 5.18. The molecule has 1 fully saturated rings. The number of carbonyl (C=O) groups excluding carboxylic acids is 1. The lowest BCUT2D eigenvalue weighted by molar-refractivity contribution is -0.128. The predicted molar refractivity (Wildman–Crippen MR) is 75.0 cm³/mol. The van der Waals surface area contributed by atoms with Gasteiger partial charge in [0.15, 0.2) is 0 Å².